The second-order valence-corrected chi connectivity index (χ2v) is 8.87. The minimum atomic E-state index is -3.49. The van der Waals surface area contributed by atoms with Gasteiger partial charge in [-0.25, -0.2) is 0 Å². The van der Waals surface area contributed by atoms with Crippen molar-refractivity contribution in [2.45, 2.75) is 32.2 Å². The van der Waals surface area contributed by atoms with E-state index in [-0.39, 0.29) is 24.4 Å². The van der Waals surface area contributed by atoms with Crippen LogP contribution in [0.4, 0.5) is 0 Å². The molecule has 0 saturated carbocycles. The van der Waals surface area contributed by atoms with Crippen molar-refractivity contribution in [3.63, 3.8) is 0 Å². The van der Waals surface area contributed by atoms with Gasteiger partial charge in [0.25, 0.3) is 10.2 Å². The van der Waals surface area contributed by atoms with Gasteiger partial charge in [-0.05, 0) is 37.0 Å². The van der Waals surface area contributed by atoms with E-state index in [1.54, 1.807) is 7.11 Å². The molecule has 1 saturated heterocycles. The van der Waals surface area contributed by atoms with Crippen LogP contribution < -0.4 is 10.1 Å². The number of carbonyl (C=O) groups is 1. The molecule has 1 amide bonds. The molecular weight excluding hydrogens is 354 g/mol. The van der Waals surface area contributed by atoms with Crippen molar-refractivity contribution in [2.75, 3.05) is 34.3 Å². The average molecular weight is 384 g/mol. The summed E-state index contributed by atoms with van der Waals surface area (Å²) in [5.74, 6) is 0.351. The first kappa shape index (κ1) is 20.7. The van der Waals surface area contributed by atoms with Gasteiger partial charge in [0.05, 0.1) is 19.1 Å². The van der Waals surface area contributed by atoms with Crippen molar-refractivity contribution >= 4 is 16.1 Å². The molecule has 146 valence electrons. The molecule has 1 heterocycles. The lowest BCUT2D eigenvalue weighted by Gasteiger charge is -2.33. The van der Waals surface area contributed by atoms with Crippen molar-refractivity contribution in [1.82, 2.24) is 13.9 Å². The predicted octanol–water partition coefficient (Wildman–Crippen LogP) is 1.78. The lowest BCUT2D eigenvalue weighted by Crippen LogP contribution is -2.49. The number of amides is 1. The van der Waals surface area contributed by atoms with Crippen molar-refractivity contribution in [3.8, 4) is 5.75 Å². The Bertz CT molecular complexity index is 704. The largest absolute Gasteiger partial charge is 0.497 e. The van der Waals surface area contributed by atoms with Crippen molar-refractivity contribution in [3.05, 3.63) is 29.8 Å². The highest BCUT2D eigenvalue weighted by Crippen LogP contribution is 2.24. The predicted molar refractivity (Wildman–Crippen MR) is 101 cm³/mol. The number of methoxy groups -OCH3 is 1. The zero-order valence-electron chi connectivity index (χ0n) is 15.9. The van der Waals surface area contributed by atoms with Gasteiger partial charge in [-0.1, -0.05) is 19.1 Å². The van der Waals surface area contributed by atoms with E-state index in [9.17, 15) is 13.2 Å². The normalized spacial score (nSPS) is 20.0. The van der Waals surface area contributed by atoms with Crippen molar-refractivity contribution < 1.29 is 17.9 Å². The van der Waals surface area contributed by atoms with Gasteiger partial charge in [-0.15, -0.1) is 0 Å². The fourth-order valence-electron chi connectivity index (χ4n) is 3.14. The van der Waals surface area contributed by atoms with E-state index in [1.165, 1.54) is 22.7 Å². The minimum Gasteiger partial charge on any atom is -0.497 e. The second kappa shape index (κ2) is 8.83. The quantitative estimate of drug-likeness (QED) is 0.778. The number of carbonyl (C=O) groups excluding carboxylic acids is 1. The number of benzene rings is 1. The first-order valence-corrected chi connectivity index (χ1v) is 10.3. The van der Waals surface area contributed by atoms with Gasteiger partial charge in [0.1, 0.15) is 5.75 Å². The van der Waals surface area contributed by atoms with Gasteiger partial charge in [-0.2, -0.15) is 17.0 Å². The van der Waals surface area contributed by atoms with E-state index in [2.05, 4.69) is 5.32 Å². The Kier molecular flexibility index (Phi) is 7.02. The highest BCUT2D eigenvalue weighted by Gasteiger charge is 2.34. The Labute approximate surface area is 156 Å². The number of ether oxygens (including phenoxy) is 1. The molecule has 1 aliphatic heterocycles. The molecule has 1 aliphatic rings. The molecule has 0 spiro atoms. The molecule has 0 aliphatic carbocycles. The molecular formula is C18H29N3O4S. The SMILES string of the molecule is CC[C@H](NC(=O)[C@@H]1CCCN(S(=O)(=O)N(C)C)C1)c1ccc(OC)cc1. The van der Waals surface area contributed by atoms with Crippen LogP contribution >= 0.6 is 0 Å². The third-order valence-electron chi connectivity index (χ3n) is 4.79. The first-order chi connectivity index (χ1) is 12.3. The van der Waals surface area contributed by atoms with Crippen LogP contribution in [0.15, 0.2) is 24.3 Å². The molecule has 26 heavy (non-hydrogen) atoms. The summed E-state index contributed by atoms with van der Waals surface area (Å²) < 4.78 is 32.4. The monoisotopic (exact) mass is 383 g/mol. The summed E-state index contributed by atoms with van der Waals surface area (Å²) in [5.41, 5.74) is 1.01. The number of hydrogen-bond donors (Lipinski definition) is 1. The zero-order chi connectivity index (χ0) is 19.3. The van der Waals surface area contributed by atoms with E-state index >= 15 is 0 Å². The summed E-state index contributed by atoms with van der Waals surface area (Å²) >= 11 is 0. The van der Waals surface area contributed by atoms with Gasteiger partial charge in [-0.3, -0.25) is 4.79 Å². The van der Waals surface area contributed by atoms with Crippen LogP contribution in [-0.4, -0.2) is 57.2 Å². The lowest BCUT2D eigenvalue weighted by molar-refractivity contribution is -0.126. The lowest BCUT2D eigenvalue weighted by atomic mass is 9.97. The Morgan fingerprint density at radius 2 is 2.00 bits per heavy atom. The van der Waals surface area contributed by atoms with Crippen LogP contribution in [0, 0.1) is 5.92 Å². The number of piperidine rings is 1. The molecule has 7 nitrogen and oxygen atoms in total. The van der Waals surface area contributed by atoms with E-state index in [4.69, 9.17) is 4.74 Å². The summed E-state index contributed by atoms with van der Waals surface area (Å²) in [6.07, 6.45) is 2.14. The van der Waals surface area contributed by atoms with Crippen LogP contribution in [-0.2, 0) is 15.0 Å². The summed E-state index contributed by atoms with van der Waals surface area (Å²) in [6.45, 7) is 2.70. The smallest absolute Gasteiger partial charge is 0.281 e. The summed E-state index contributed by atoms with van der Waals surface area (Å²) in [4.78, 5) is 12.7. The van der Waals surface area contributed by atoms with E-state index in [0.717, 1.165) is 17.7 Å². The molecule has 1 aromatic rings. The Morgan fingerprint density at radius 3 is 2.54 bits per heavy atom. The fourth-order valence-corrected chi connectivity index (χ4v) is 4.33. The van der Waals surface area contributed by atoms with Crippen LogP contribution in [0.25, 0.3) is 0 Å². The zero-order valence-corrected chi connectivity index (χ0v) is 16.8. The standard InChI is InChI=1S/C18H29N3O4S/c1-5-17(14-8-10-16(25-4)11-9-14)19-18(22)15-7-6-12-21(13-15)26(23,24)20(2)3/h8-11,15,17H,5-7,12-13H2,1-4H3,(H,19,22)/t15-,17+/m1/s1. The first-order valence-electron chi connectivity index (χ1n) is 8.91. The van der Waals surface area contributed by atoms with Gasteiger partial charge in [0.2, 0.25) is 5.91 Å². The Balaban J connectivity index is 2.04. The second-order valence-electron chi connectivity index (χ2n) is 6.73. The van der Waals surface area contributed by atoms with Gasteiger partial charge < -0.3 is 10.1 Å². The molecule has 2 rings (SSSR count). The van der Waals surface area contributed by atoms with E-state index in [1.807, 2.05) is 31.2 Å². The summed E-state index contributed by atoms with van der Waals surface area (Å²) in [6, 6.07) is 7.52. The number of hydrogen-bond acceptors (Lipinski definition) is 4. The van der Waals surface area contributed by atoms with Crippen LogP contribution in [0.2, 0.25) is 0 Å². The summed E-state index contributed by atoms with van der Waals surface area (Å²) in [7, 11) is 1.15. The average Bonchev–Trinajstić information content (AvgIpc) is 2.66. The third kappa shape index (κ3) is 4.75. The van der Waals surface area contributed by atoms with Gasteiger partial charge in [0.15, 0.2) is 0 Å². The van der Waals surface area contributed by atoms with E-state index < -0.39 is 10.2 Å². The molecule has 0 aromatic heterocycles. The number of nitrogens with zero attached hydrogens (tertiary/aromatic N) is 2. The fraction of sp³-hybridized carbons (Fsp3) is 0.611. The molecule has 1 aromatic carbocycles. The summed E-state index contributed by atoms with van der Waals surface area (Å²) in [5, 5.41) is 3.08. The maximum absolute atomic E-state index is 12.7. The highest BCUT2D eigenvalue weighted by atomic mass is 32.2. The third-order valence-corrected chi connectivity index (χ3v) is 6.69. The van der Waals surface area contributed by atoms with Crippen LogP contribution in [0.5, 0.6) is 5.75 Å². The molecule has 8 heteroatoms. The molecule has 1 fully saturated rings. The highest BCUT2D eigenvalue weighted by molar-refractivity contribution is 7.86. The van der Waals surface area contributed by atoms with Crippen LogP contribution in [0.3, 0.4) is 0 Å². The minimum absolute atomic E-state index is 0.0914. The number of rotatable bonds is 7. The molecule has 0 bridgehead atoms. The molecule has 2 atom stereocenters. The van der Waals surface area contributed by atoms with Crippen molar-refractivity contribution in [2.24, 2.45) is 5.92 Å². The molecule has 1 N–H and O–H groups in total. The van der Waals surface area contributed by atoms with Gasteiger partial charge in [0, 0.05) is 27.2 Å². The molecule has 0 radical (unpaired) electrons. The number of nitrogens with one attached hydrogen (secondary N) is 1. The Morgan fingerprint density at radius 1 is 1.35 bits per heavy atom. The maximum Gasteiger partial charge on any atom is 0.281 e. The molecule has 0 unspecified atom stereocenters. The van der Waals surface area contributed by atoms with Crippen molar-refractivity contribution in [1.29, 1.82) is 0 Å². The van der Waals surface area contributed by atoms with Gasteiger partial charge >= 0.3 is 0 Å². The Hall–Kier alpha value is -1.64. The van der Waals surface area contributed by atoms with Crippen LogP contribution in [0.1, 0.15) is 37.8 Å². The topological polar surface area (TPSA) is 79.0 Å². The van der Waals surface area contributed by atoms with E-state index in [0.29, 0.717) is 19.4 Å². The maximum atomic E-state index is 12.7.